The number of nitrogens with zero attached hydrogens (tertiary/aromatic N) is 1. The molecule has 0 amide bonds. The highest BCUT2D eigenvalue weighted by Gasteiger charge is 2.02. The van der Waals surface area contributed by atoms with E-state index in [4.69, 9.17) is 5.73 Å². The third-order valence-electron chi connectivity index (χ3n) is 3.16. The third kappa shape index (κ3) is 2.75. The standard InChI is InChI=1S/C16H14BrN3/c17-12-3-1-11(2-4-12)10-20-15-7-8-19-16-9-13(18)5-6-14(15)16/h1-9H,10,18H2,(H,19,20). The maximum Gasteiger partial charge on any atom is 0.0743 e. The molecule has 100 valence electrons. The molecule has 4 heteroatoms. The van der Waals surface area contributed by atoms with Crippen LogP contribution < -0.4 is 11.1 Å². The Bertz CT molecular complexity index is 738. The number of anilines is 2. The van der Waals surface area contributed by atoms with Crippen molar-refractivity contribution in [2.75, 3.05) is 11.1 Å². The number of nitrogen functional groups attached to an aromatic ring is 1. The monoisotopic (exact) mass is 327 g/mol. The summed E-state index contributed by atoms with van der Waals surface area (Å²) in [6.07, 6.45) is 1.80. The van der Waals surface area contributed by atoms with Crippen molar-refractivity contribution < 1.29 is 0 Å². The van der Waals surface area contributed by atoms with E-state index in [0.29, 0.717) is 0 Å². The second kappa shape index (κ2) is 5.51. The number of fused-ring (bicyclic) bond motifs is 1. The number of benzene rings is 2. The van der Waals surface area contributed by atoms with E-state index >= 15 is 0 Å². The van der Waals surface area contributed by atoms with Gasteiger partial charge in [0.05, 0.1) is 5.52 Å². The van der Waals surface area contributed by atoms with Crippen molar-refractivity contribution in [3.8, 4) is 0 Å². The number of nitrogens with two attached hydrogens (primary N) is 1. The molecule has 0 fully saturated rings. The molecular weight excluding hydrogens is 314 g/mol. The van der Waals surface area contributed by atoms with Crippen LogP contribution in [0.1, 0.15) is 5.56 Å². The van der Waals surface area contributed by atoms with Gasteiger partial charge in [-0.2, -0.15) is 0 Å². The van der Waals surface area contributed by atoms with E-state index in [0.717, 1.165) is 33.3 Å². The van der Waals surface area contributed by atoms with E-state index < -0.39 is 0 Å². The molecule has 0 spiro atoms. The summed E-state index contributed by atoms with van der Waals surface area (Å²) in [5.74, 6) is 0. The van der Waals surface area contributed by atoms with Gasteiger partial charge in [-0.25, -0.2) is 0 Å². The summed E-state index contributed by atoms with van der Waals surface area (Å²) in [6, 6.07) is 16.1. The number of pyridine rings is 1. The second-order valence-electron chi connectivity index (χ2n) is 4.62. The normalized spacial score (nSPS) is 10.7. The van der Waals surface area contributed by atoms with Gasteiger partial charge < -0.3 is 11.1 Å². The Morgan fingerprint density at radius 3 is 2.65 bits per heavy atom. The Kier molecular flexibility index (Phi) is 3.56. The van der Waals surface area contributed by atoms with Gasteiger partial charge in [-0.3, -0.25) is 4.98 Å². The Labute approximate surface area is 126 Å². The molecule has 0 radical (unpaired) electrons. The van der Waals surface area contributed by atoms with Crippen LogP contribution in [0.15, 0.2) is 59.2 Å². The lowest BCUT2D eigenvalue weighted by atomic mass is 10.1. The second-order valence-corrected chi connectivity index (χ2v) is 5.53. The Morgan fingerprint density at radius 2 is 1.85 bits per heavy atom. The predicted molar refractivity (Wildman–Crippen MR) is 87.6 cm³/mol. The van der Waals surface area contributed by atoms with Crippen LogP contribution in [0.4, 0.5) is 11.4 Å². The molecule has 3 N–H and O–H groups in total. The number of aromatic nitrogens is 1. The Balaban J connectivity index is 1.85. The zero-order valence-electron chi connectivity index (χ0n) is 10.8. The SMILES string of the molecule is Nc1ccc2c(NCc3ccc(Br)cc3)ccnc2c1. The lowest BCUT2D eigenvalue weighted by molar-refractivity contribution is 1.15. The minimum absolute atomic E-state index is 0.732. The lowest BCUT2D eigenvalue weighted by Gasteiger charge is -2.10. The first-order valence-corrected chi connectivity index (χ1v) is 7.14. The fraction of sp³-hybridized carbons (Fsp3) is 0.0625. The van der Waals surface area contributed by atoms with Crippen LogP contribution in [0.3, 0.4) is 0 Å². The van der Waals surface area contributed by atoms with Gasteiger partial charge in [0.25, 0.3) is 0 Å². The first-order valence-electron chi connectivity index (χ1n) is 6.35. The molecule has 0 aliphatic carbocycles. The van der Waals surface area contributed by atoms with Crippen LogP contribution in [0.25, 0.3) is 10.9 Å². The van der Waals surface area contributed by atoms with Gasteiger partial charge in [-0.15, -0.1) is 0 Å². The molecule has 3 aromatic rings. The van der Waals surface area contributed by atoms with Crippen LogP contribution in [0, 0.1) is 0 Å². The van der Waals surface area contributed by atoms with Gasteiger partial charge in [0, 0.05) is 34.0 Å². The van der Waals surface area contributed by atoms with Crippen LogP contribution in [0.2, 0.25) is 0 Å². The number of halogens is 1. The summed E-state index contributed by atoms with van der Waals surface area (Å²) in [6.45, 7) is 0.775. The molecular formula is C16H14BrN3. The van der Waals surface area contributed by atoms with Gasteiger partial charge in [-0.05, 0) is 42.0 Å². The number of nitrogens with one attached hydrogen (secondary N) is 1. The first-order chi connectivity index (χ1) is 9.72. The highest BCUT2D eigenvalue weighted by atomic mass is 79.9. The number of rotatable bonds is 3. The zero-order valence-corrected chi connectivity index (χ0v) is 12.4. The first kappa shape index (κ1) is 12.9. The summed E-state index contributed by atoms with van der Waals surface area (Å²) < 4.78 is 1.09. The highest BCUT2D eigenvalue weighted by Crippen LogP contribution is 2.24. The van der Waals surface area contributed by atoms with Crippen molar-refractivity contribution in [1.29, 1.82) is 0 Å². The average molecular weight is 328 g/mol. The summed E-state index contributed by atoms with van der Waals surface area (Å²) >= 11 is 3.44. The number of hydrogen-bond acceptors (Lipinski definition) is 3. The molecule has 0 atom stereocenters. The summed E-state index contributed by atoms with van der Waals surface area (Å²) in [5.41, 5.74) is 9.73. The molecule has 1 heterocycles. The van der Waals surface area contributed by atoms with Gasteiger partial charge in [0.15, 0.2) is 0 Å². The van der Waals surface area contributed by atoms with Crippen molar-refractivity contribution in [2.24, 2.45) is 0 Å². The summed E-state index contributed by atoms with van der Waals surface area (Å²) in [4.78, 5) is 4.34. The smallest absolute Gasteiger partial charge is 0.0743 e. The molecule has 0 aliphatic heterocycles. The Hall–Kier alpha value is -2.07. The highest BCUT2D eigenvalue weighted by molar-refractivity contribution is 9.10. The molecule has 0 aliphatic rings. The fourth-order valence-electron chi connectivity index (χ4n) is 2.12. The molecule has 0 saturated heterocycles. The van der Waals surface area contributed by atoms with Crippen molar-refractivity contribution in [1.82, 2.24) is 4.98 Å². The van der Waals surface area contributed by atoms with E-state index in [1.807, 2.05) is 36.4 Å². The molecule has 0 saturated carbocycles. The zero-order chi connectivity index (χ0) is 13.9. The van der Waals surface area contributed by atoms with Crippen LogP contribution in [-0.4, -0.2) is 4.98 Å². The molecule has 3 nitrogen and oxygen atoms in total. The van der Waals surface area contributed by atoms with Gasteiger partial charge in [0.2, 0.25) is 0 Å². The van der Waals surface area contributed by atoms with Gasteiger partial charge >= 0.3 is 0 Å². The summed E-state index contributed by atoms with van der Waals surface area (Å²) in [7, 11) is 0. The maximum absolute atomic E-state index is 5.79. The van der Waals surface area contributed by atoms with Crippen molar-refractivity contribution in [2.45, 2.75) is 6.54 Å². The molecule has 1 aromatic heterocycles. The average Bonchev–Trinajstić information content (AvgIpc) is 2.46. The van der Waals surface area contributed by atoms with E-state index in [2.05, 4.69) is 38.4 Å². The minimum atomic E-state index is 0.732. The van der Waals surface area contributed by atoms with E-state index in [1.165, 1.54) is 5.56 Å². The third-order valence-corrected chi connectivity index (χ3v) is 3.69. The van der Waals surface area contributed by atoms with Crippen molar-refractivity contribution in [3.05, 3.63) is 64.8 Å². The molecule has 0 unspecified atom stereocenters. The summed E-state index contributed by atoms with van der Waals surface area (Å²) in [5, 5.41) is 4.53. The quantitative estimate of drug-likeness (QED) is 0.709. The largest absolute Gasteiger partial charge is 0.399 e. The predicted octanol–water partition coefficient (Wildman–Crippen LogP) is 4.19. The Morgan fingerprint density at radius 1 is 1.05 bits per heavy atom. The maximum atomic E-state index is 5.79. The van der Waals surface area contributed by atoms with E-state index in [-0.39, 0.29) is 0 Å². The van der Waals surface area contributed by atoms with Crippen LogP contribution in [0.5, 0.6) is 0 Å². The molecule has 2 aromatic carbocycles. The van der Waals surface area contributed by atoms with Gasteiger partial charge in [-0.1, -0.05) is 28.1 Å². The number of hydrogen-bond donors (Lipinski definition) is 2. The molecule has 0 bridgehead atoms. The molecule has 20 heavy (non-hydrogen) atoms. The lowest BCUT2D eigenvalue weighted by Crippen LogP contribution is -2.00. The van der Waals surface area contributed by atoms with Crippen LogP contribution >= 0.6 is 15.9 Å². The topological polar surface area (TPSA) is 50.9 Å². The minimum Gasteiger partial charge on any atom is -0.399 e. The van der Waals surface area contributed by atoms with Crippen molar-refractivity contribution in [3.63, 3.8) is 0 Å². The fourth-order valence-corrected chi connectivity index (χ4v) is 2.38. The molecule has 3 rings (SSSR count). The van der Waals surface area contributed by atoms with Crippen LogP contribution in [-0.2, 0) is 6.54 Å². The van der Waals surface area contributed by atoms with E-state index in [1.54, 1.807) is 6.20 Å². The van der Waals surface area contributed by atoms with Gasteiger partial charge in [0.1, 0.15) is 0 Å². The van der Waals surface area contributed by atoms with Crippen molar-refractivity contribution >= 4 is 38.2 Å². The van der Waals surface area contributed by atoms with E-state index in [9.17, 15) is 0 Å².